The van der Waals surface area contributed by atoms with Crippen LogP contribution in [-0.4, -0.2) is 57.8 Å². The third kappa shape index (κ3) is 4.80. The Morgan fingerprint density at radius 3 is 2.52 bits per heavy atom. The highest BCUT2D eigenvalue weighted by Crippen LogP contribution is 2.37. The van der Waals surface area contributed by atoms with E-state index >= 15 is 0 Å². The first kappa shape index (κ1) is 22.6. The second-order valence-corrected chi connectivity index (χ2v) is 8.57. The lowest BCUT2D eigenvalue weighted by Crippen LogP contribution is -2.47. The number of nitrogens with zero attached hydrogens (tertiary/aromatic N) is 4. The summed E-state index contributed by atoms with van der Waals surface area (Å²) in [6.07, 6.45) is 6.46. The van der Waals surface area contributed by atoms with Crippen LogP contribution < -0.4 is 0 Å². The highest BCUT2D eigenvalue weighted by molar-refractivity contribution is 5.93. The van der Waals surface area contributed by atoms with Crippen LogP contribution in [0.15, 0.2) is 73.2 Å². The Morgan fingerprint density at radius 2 is 1.82 bits per heavy atom. The molecule has 170 valence electrons. The summed E-state index contributed by atoms with van der Waals surface area (Å²) >= 11 is 0. The summed E-state index contributed by atoms with van der Waals surface area (Å²) in [6, 6.07) is 17.6. The number of aromatic nitrogens is 2. The van der Waals surface area contributed by atoms with Crippen LogP contribution in [0.3, 0.4) is 0 Å². The van der Waals surface area contributed by atoms with Crippen molar-refractivity contribution in [1.82, 2.24) is 19.8 Å². The van der Waals surface area contributed by atoms with Crippen molar-refractivity contribution in [3.63, 3.8) is 0 Å². The first-order valence-corrected chi connectivity index (χ1v) is 11.6. The molecule has 1 fully saturated rings. The van der Waals surface area contributed by atoms with E-state index in [-0.39, 0.29) is 11.8 Å². The van der Waals surface area contributed by atoms with E-state index in [9.17, 15) is 9.59 Å². The number of carbonyl (C=O) groups excluding carboxylic acids is 2. The number of pyridine rings is 2. The van der Waals surface area contributed by atoms with Crippen LogP contribution in [0.4, 0.5) is 0 Å². The minimum Gasteiger partial charge on any atom is -0.343 e. The van der Waals surface area contributed by atoms with Crippen LogP contribution in [0.2, 0.25) is 0 Å². The number of hydrogen-bond acceptors (Lipinski definition) is 4. The van der Waals surface area contributed by atoms with Gasteiger partial charge in [0.1, 0.15) is 5.69 Å². The van der Waals surface area contributed by atoms with Crippen molar-refractivity contribution >= 4 is 11.8 Å². The minimum atomic E-state index is -0.649. The number of likely N-dealkylation sites (tertiary alicyclic amines) is 1. The lowest BCUT2D eigenvalue weighted by atomic mass is 9.79. The van der Waals surface area contributed by atoms with Gasteiger partial charge in [0.25, 0.3) is 5.91 Å². The summed E-state index contributed by atoms with van der Waals surface area (Å²) in [5.41, 5.74) is 2.97. The summed E-state index contributed by atoms with van der Waals surface area (Å²) in [6.45, 7) is 6.26. The zero-order valence-corrected chi connectivity index (χ0v) is 19.3. The fourth-order valence-corrected chi connectivity index (χ4v) is 4.72. The van der Waals surface area contributed by atoms with Crippen molar-refractivity contribution in [1.29, 1.82) is 0 Å². The van der Waals surface area contributed by atoms with E-state index in [1.807, 2.05) is 49.2 Å². The Balaban J connectivity index is 1.64. The quantitative estimate of drug-likeness (QED) is 0.553. The number of hydrogen-bond donors (Lipinski definition) is 0. The van der Waals surface area contributed by atoms with Crippen LogP contribution in [0.1, 0.15) is 36.3 Å². The van der Waals surface area contributed by atoms with Gasteiger partial charge in [0, 0.05) is 44.8 Å². The smallest absolute Gasteiger partial charge is 0.272 e. The van der Waals surface area contributed by atoms with Gasteiger partial charge in [-0.05, 0) is 61.6 Å². The molecule has 0 spiro atoms. The number of carbonyl (C=O) groups is 2. The molecule has 6 heteroatoms. The van der Waals surface area contributed by atoms with Crippen LogP contribution in [0.5, 0.6) is 0 Å². The molecule has 1 unspecified atom stereocenters. The summed E-state index contributed by atoms with van der Waals surface area (Å²) in [7, 11) is 0. The van der Waals surface area contributed by atoms with E-state index in [4.69, 9.17) is 0 Å². The van der Waals surface area contributed by atoms with E-state index in [2.05, 4.69) is 28.2 Å². The minimum absolute atomic E-state index is 0.117. The molecular weight excluding hydrogens is 412 g/mol. The maximum atomic E-state index is 13.8. The molecule has 1 aliphatic rings. The Kier molecular flexibility index (Phi) is 6.82. The standard InChI is InChI=1S/C27H30N4O2/c1-3-30(4-2)26(33)27(13-16-31(20-27)25(32)24-12-5-6-15-29-24)18-21-9-7-10-22(17-21)23-11-8-14-28-19-23/h5-12,14-15,17,19H,3-4,13,16,18,20H2,1-2H3. The molecule has 3 aromatic rings. The van der Waals surface area contributed by atoms with Gasteiger partial charge in [0.15, 0.2) is 0 Å². The van der Waals surface area contributed by atoms with Crippen molar-refractivity contribution in [2.75, 3.05) is 26.2 Å². The fourth-order valence-electron chi connectivity index (χ4n) is 4.72. The molecule has 33 heavy (non-hydrogen) atoms. The summed E-state index contributed by atoms with van der Waals surface area (Å²) in [5, 5.41) is 0. The second kappa shape index (κ2) is 9.94. The Labute approximate surface area is 195 Å². The second-order valence-electron chi connectivity index (χ2n) is 8.57. The molecule has 0 radical (unpaired) electrons. The van der Waals surface area contributed by atoms with Crippen molar-refractivity contribution in [3.05, 3.63) is 84.4 Å². The summed E-state index contributed by atoms with van der Waals surface area (Å²) in [4.78, 5) is 39.0. The normalized spacial score (nSPS) is 17.7. The molecule has 1 saturated heterocycles. The summed E-state index contributed by atoms with van der Waals surface area (Å²) < 4.78 is 0. The molecule has 2 aromatic heterocycles. The third-order valence-electron chi connectivity index (χ3n) is 6.49. The first-order chi connectivity index (χ1) is 16.1. The molecule has 1 aliphatic heterocycles. The lowest BCUT2D eigenvalue weighted by molar-refractivity contribution is -0.141. The van der Waals surface area contributed by atoms with Crippen LogP contribution in [0, 0.1) is 5.41 Å². The van der Waals surface area contributed by atoms with Crippen molar-refractivity contribution in [2.24, 2.45) is 5.41 Å². The average Bonchev–Trinajstić information content (AvgIpc) is 3.30. The largest absolute Gasteiger partial charge is 0.343 e. The van der Waals surface area contributed by atoms with Crippen LogP contribution in [0.25, 0.3) is 11.1 Å². The van der Waals surface area contributed by atoms with Gasteiger partial charge in [-0.25, -0.2) is 0 Å². The fraction of sp³-hybridized carbons (Fsp3) is 0.333. The zero-order valence-electron chi connectivity index (χ0n) is 19.3. The third-order valence-corrected chi connectivity index (χ3v) is 6.49. The number of rotatable bonds is 7. The van der Waals surface area contributed by atoms with Crippen molar-refractivity contribution in [2.45, 2.75) is 26.7 Å². The molecule has 2 amide bonds. The molecule has 0 aliphatic carbocycles. The van der Waals surface area contributed by atoms with Gasteiger partial charge in [-0.2, -0.15) is 0 Å². The highest BCUT2D eigenvalue weighted by atomic mass is 16.2. The van der Waals surface area contributed by atoms with E-state index in [1.54, 1.807) is 29.4 Å². The maximum Gasteiger partial charge on any atom is 0.272 e. The topological polar surface area (TPSA) is 66.4 Å². The molecule has 1 atom stereocenters. The van der Waals surface area contributed by atoms with E-state index in [0.717, 1.165) is 16.7 Å². The number of benzene rings is 1. The predicted molar refractivity (Wildman–Crippen MR) is 128 cm³/mol. The molecule has 3 heterocycles. The molecule has 1 aromatic carbocycles. The SMILES string of the molecule is CCN(CC)C(=O)C1(Cc2cccc(-c3cccnc3)c2)CCN(C(=O)c2ccccn2)C1. The molecule has 6 nitrogen and oxygen atoms in total. The van der Waals surface area contributed by atoms with Gasteiger partial charge in [-0.15, -0.1) is 0 Å². The average molecular weight is 443 g/mol. The van der Waals surface area contributed by atoms with Crippen LogP contribution in [-0.2, 0) is 11.2 Å². The van der Waals surface area contributed by atoms with Gasteiger partial charge in [-0.1, -0.05) is 36.4 Å². The molecule has 4 rings (SSSR count). The maximum absolute atomic E-state index is 13.8. The van der Waals surface area contributed by atoms with Crippen molar-refractivity contribution < 1.29 is 9.59 Å². The van der Waals surface area contributed by atoms with Gasteiger partial charge in [0.05, 0.1) is 5.41 Å². The van der Waals surface area contributed by atoms with E-state index in [1.165, 1.54) is 0 Å². The molecular formula is C27H30N4O2. The predicted octanol–water partition coefficient (Wildman–Crippen LogP) is 4.09. The van der Waals surface area contributed by atoms with Crippen LogP contribution >= 0.6 is 0 Å². The van der Waals surface area contributed by atoms with Gasteiger partial charge in [-0.3, -0.25) is 19.6 Å². The monoisotopic (exact) mass is 442 g/mol. The van der Waals surface area contributed by atoms with E-state index in [0.29, 0.717) is 44.7 Å². The summed E-state index contributed by atoms with van der Waals surface area (Å²) in [5.74, 6) is 0.00420. The van der Waals surface area contributed by atoms with Gasteiger partial charge < -0.3 is 9.80 Å². The van der Waals surface area contributed by atoms with Crippen molar-refractivity contribution in [3.8, 4) is 11.1 Å². The van der Waals surface area contributed by atoms with Gasteiger partial charge >= 0.3 is 0 Å². The first-order valence-electron chi connectivity index (χ1n) is 11.6. The Hall–Kier alpha value is -3.54. The molecule has 0 N–H and O–H groups in total. The lowest BCUT2D eigenvalue weighted by Gasteiger charge is -2.34. The zero-order chi connectivity index (χ0) is 23.3. The Bertz CT molecular complexity index is 1100. The molecule has 0 saturated carbocycles. The van der Waals surface area contributed by atoms with E-state index < -0.39 is 5.41 Å². The number of amides is 2. The molecule has 0 bridgehead atoms. The Morgan fingerprint density at radius 1 is 1.00 bits per heavy atom. The van der Waals surface area contributed by atoms with Gasteiger partial charge in [0.2, 0.25) is 5.91 Å². The highest BCUT2D eigenvalue weighted by Gasteiger charge is 2.47.